The molecular formula is C13H18F2N2O2. The molecule has 1 aromatic rings. The summed E-state index contributed by atoms with van der Waals surface area (Å²) < 4.78 is 28.9. The third kappa shape index (κ3) is 5.21. The SMILES string of the molecule is CNCCCC(=O)Nc1c(C)cccc1OC(F)F. The molecule has 0 unspecified atom stereocenters. The molecule has 6 heteroatoms. The molecular weight excluding hydrogens is 254 g/mol. The van der Waals surface area contributed by atoms with Gasteiger partial charge in [0.1, 0.15) is 5.75 Å². The Hall–Kier alpha value is -1.69. The Balaban J connectivity index is 2.72. The van der Waals surface area contributed by atoms with Crippen molar-refractivity contribution in [2.24, 2.45) is 0 Å². The summed E-state index contributed by atoms with van der Waals surface area (Å²) in [5.41, 5.74) is 0.984. The van der Waals surface area contributed by atoms with E-state index < -0.39 is 6.61 Å². The summed E-state index contributed by atoms with van der Waals surface area (Å²) in [6.07, 6.45) is 1.00. The molecule has 0 bridgehead atoms. The quantitative estimate of drug-likeness (QED) is 0.750. The second kappa shape index (κ2) is 7.68. The van der Waals surface area contributed by atoms with Crippen LogP contribution in [0.5, 0.6) is 5.75 Å². The van der Waals surface area contributed by atoms with Gasteiger partial charge in [-0.3, -0.25) is 4.79 Å². The minimum absolute atomic E-state index is 0.0167. The lowest BCUT2D eigenvalue weighted by atomic mass is 10.1. The van der Waals surface area contributed by atoms with E-state index in [1.807, 2.05) is 0 Å². The van der Waals surface area contributed by atoms with E-state index in [-0.39, 0.29) is 11.7 Å². The second-order valence-corrected chi connectivity index (χ2v) is 4.08. The van der Waals surface area contributed by atoms with Crippen LogP contribution < -0.4 is 15.4 Å². The fraction of sp³-hybridized carbons (Fsp3) is 0.462. The van der Waals surface area contributed by atoms with E-state index in [1.54, 1.807) is 26.1 Å². The molecule has 19 heavy (non-hydrogen) atoms. The zero-order valence-electron chi connectivity index (χ0n) is 11.0. The molecule has 0 fully saturated rings. The first-order valence-electron chi connectivity index (χ1n) is 6.03. The third-order valence-corrected chi connectivity index (χ3v) is 2.55. The van der Waals surface area contributed by atoms with Crippen LogP contribution in [0, 0.1) is 6.92 Å². The number of nitrogens with one attached hydrogen (secondary N) is 2. The highest BCUT2D eigenvalue weighted by Crippen LogP contribution is 2.29. The number of amides is 1. The average molecular weight is 272 g/mol. The van der Waals surface area contributed by atoms with E-state index in [0.29, 0.717) is 24.1 Å². The molecule has 2 N–H and O–H groups in total. The molecule has 0 saturated heterocycles. The number of para-hydroxylation sites is 1. The van der Waals surface area contributed by atoms with Gasteiger partial charge in [0.15, 0.2) is 0 Å². The number of hydrogen-bond acceptors (Lipinski definition) is 3. The van der Waals surface area contributed by atoms with Crippen LogP contribution in [0.4, 0.5) is 14.5 Å². The van der Waals surface area contributed by atoms with Crippen molar-refractivity contribution in [1.29, 1.82) is 0 Å². The lowest BCUT2D eigenvalue weighted by molar-refractivity contribution is -0.116. The first kappa shape index (κ1) is 15.4. The van der Waals surface area contributed by atoms with Crippen LogP contribution in [0.3, 0.4) is 0 Å². The van der Waals surface area contributed by atoms with Crippen LogP contribution in [-0.4, -0.2) is 26.1 Å². The summed E-state index contributed by atoms with van der Waals surface area (Å²) in [6.45, 7) is -0.468. The average Bonchev–Trinajstić information content (AvgIpc) is 2.33. The van der Waals surface area contributed by atoms with Crippen molar-refractivity contribution in [2.45, 2.75) is 26.4 Å². The van der Waals surface area contributed by atoms with E-state index in [0.717, 1.165) is 6.54 Å². The molecule has 0 atom stereocenters. The van der Waals surface area contributed by atoms with Crippen molar-refractivity contribution in [3.63, 3.8) is 0 Å². The number of rotatable bonds is 7. The number of halogens is 2. The first-order chi connectivity index (χ1) is 9.04. The molecule has 106 valence electrons. The van der Waals surface area contributed by atoms with Crippen molar-refractivity contribution in [3.05, 3.63) is 23.8 Å². The van der Waals surface area contributed by atoms with Gasteiger partial charge < -0.3 is 15.4 Å². The topological polar surface area (TPSA) is 50.4 Å². The molecule has 1 amide bonds. The summed E-state index contributed by atoms with van der Waals surface area (Å²) in [5.74, 6) is -0.236. The number of hydrogen-bond donors (Lipinski definition) is 2. The highest BCUT2D eigenvalue weighted by molar-refractivity contribution is 5.93. The Labute approximate surface area is 111 Å². The number of carbonyl (C=O) groups is 1. The Morgan fingerprint density at radius 1 is 1.42 bits per heavy atom. The normalized spacial score (nSPS) is 10.6. The summed E-state index contributed by atoms with van der Waals surface area (Å²) in [7, 11) is 1.80. The number of carbonyl (C=O) groups excluding carboxylic acids is 1. The van der Waals surface area contributed by atoms with Crippen LogP contribution in [0.25, 0.3) is 0 Å². The maximum absolute atomic E-state index is 12.3. The van der Waals surface area contributed by atoms with Gasteiger partial charge in [0.05, 0.1) is 5.69 Å². The Bertz CT molecular complexity index is 425. The lowest BCUT2D eigenvalue weighted by Crippen LogP contribution is -2.17. The van der Waals surface area contributed by atoms with Crippen LogP contribution in [0.1, 0.15) is 18.4 Å². The molecule has 0 aromatic heterocycles. The first-order valence-corrected chi connectivity index (χ1v) is 6.03. The van der Waals surface area contributed by atoms with Gasteiger partial charge in [-0.1, -0.05) is 12.1 Å². The van der Waals surface area contributed by atoms with Gasteiger partial charge >= 0.3 is 6.61 Å². The van der Waals surface area contributed by atoms with Crippen LogP contribution in [0.15, 0.2) is 18.2 Å². The molecule has 1 aromatic carbocycles. The monoisotopic (exact) mass is 272 g/mol. The van der Waals surface area contributed by atoms with Crippen LogP contribution in [0.2, 0.25) is 0 Å². The maximum atomic E-state index is 12.3. The zero-order valence-corrected chi connectivity index (χ0v) is 11.0. The number of aryl methyl sites for hydroxylation is 1. The third-order valence-electron chi connectivity index (χ3n) is 2.55. The van der Waals surface area contributed by atoms with Gasteiger partial charge in [0.2, 0.25) is 5.91 Å². The molecule has 0 radical (unpaired) electrons. The predicted molar refractivity (Wildman–Crippen MR) is 69.6 cm³/mol. The zero-order chi connectivity index (χ0) is 14.3. The fourth-order valence-corrected chi connectivity index (χ4v) is 1.62. The molecule has 0 heterocycles. The van der Waals surface area contributed by atoms with E-state index in [1.165, 1.54) is 6.07 Å². The number of benzene rings is 1. The Morgan fingerprint density at radius 2 is 2.16 bits per heavy atom. The van der Waals surface area contributed by atoms with Crippen molar-refractivity contribution in [3.8, 4) is 5.75 Å². The lowest BCUT2D eigenvalue weighted by Gasteiger charge is -2.14. The van der Waals surface area contributed by atoms with E-state index in [9.17, 15) is 13.6 Å². The summed E-state index contributed by atoms with van der Waals surface area (Å²) >= 11 is 0. The number of alkyl halides is 2. The summed E-state index contributed by atoms with van der Waals surface area (Å²) in [6, 6.07) is 4.73. The molecule has 0 aliphatic carbocycles. The van der Waals surface area contributed by atoms with Crippen molar-refractivity contribution >= 4 is 11.6 Å². The summed E-state index contributed by atoms with van der Waals surface area (Å²) in [4.78, 5) is 11.7. The number of anilines is 1. The highest BCUT2D eigenvalue weighted by Gasteiger charge is 2.13. The van der Waals surface area contributed by atoms with E-state index in [2.05, 4.69) is 15.4 Å². The maximum Gasteiger partial charge on any atom is 0.387 e. The van der Waals surface area contributed by atoms with Gasteiger partial charge in [0.25, 0.3) is 0 Å². The van der Waals surface area contributed by atoms with Crippen molar-refractivity contribution in [1.82, 2.24) is 5.32 Å². The molecule has 0 spiro atoms. The van der Waals surface area contributed by atoms with Crippen LogP contribution >= 0.6 is 0 Å². The van der Waals surface area contributed by atoms with Crippen LogP contribution in [-0.2, 0) is 4.79 Å². The van der Waals surface area contributed by atoms with Gasteiger partial charge in [-0.05, 0) is 38.6 Å². The van der Waals surface area contributed by atoms with Gasteiger partial charge in [-0.2, -0.15) is 8.78 Å². The standard InChI is InChI=1S/C13H18F2N2O2/c1-9-5-3-6-10(19-13(14)15)12(9)17-11(18)7-4-8-16-2/h3,5-6,13,16H,4,7-8H2,1-2H3,(H,17,18). The fourth-order valence-electron chi connectivity index (χ4n) is 1.62. The largest absolute Gasteiger partial charge is 0.433 e. The molecule has 0 saturated carbocycles. The molecule has 0 aliphatic rings. The molecule has 4 nitrogen and oxygen atoms in total. The highest BCUT2D eigenvalue weighted by atomic mass is 19.3. The number of ether oxygens (including phenoxy) is 1. The smallest absolute Gasteiger partial charge is 0.387 e. The van der Waals surface area contributed by atoms with Gasteiger partial charge in [0, 0.05) is 6.42 Å². The minimum Gasteiger partial charge on any atom is -0.433 e. The Morgan fingerprint density at radius 3 is 2.79 bits per heavy atom. The molecule has 0 aliphatic heterocycles. The van der Waals surface area contributed by atoms with Crippen molar-refractivity contribution < 1.29 is 18.3 Å². The van der Waals surface area contributed by atoms with Crippen molar-refractivity contribution in [2.75, 3.05) is 18.9 Å². The minimum atomic E-state index is -2.92. The predicted octanol–water partition coefficient (Wildman–Crippen LogP) is 2.53. The van der Waals surface area contributed by atoms with Gasteiger partial charge in [-0.25, -0.2) is 0 Å². The summed E-state index contributed by atoms with van der Waals surface area (Å²) in [5, 5.41) is 5.55. The van der Waals surface area contributed by atoms with Gasteiger partial charge in [-0.15, -0.1) is 0 Å². The molecule has 1 rings (SSSR count). The Kier molecular flexibility index (Phi) is 6.21. The van der Waals surface area contributed by atoms with E-state index >= 15 is 0 Å². The van der Waals surface area contributed by atoms with E-state index in [4.69, 9.17) is 0 Å². The second-order valence-electron chi connectivity index (χ2n) is 4.08.